The van der Waals surface area contributed by atoms with E-state index in [1.165, 1.54) is 37.7 Å². The number of anilines is 1. The second kappa shape index (κ2) is 10.4. The second-order valence-corrected chi connectivity index (χ2v) is 8.61. The molecule has 1 fully saturated rings. The molecule has 3 aromatic carbocycles. The van der Waals surface area contributed by atoms with Gasteiger partial charge in [-0.05, 0) is 42.6 Å². The number of nitrogens with one attached hydrogen (secondary N) is 1. The van der Waals surface area contributed by atoms with Crippen molar-refractivity contribution < 1.29 is 4.79 Å². The number of nitrogens with zero attached hydrogens (tertiary/aromatic N) is 1. The van der Waals surface area contributed by atoms with Crippen molar-refractivity contribution in [2.45, 2.75) is 50.6 Å². The van der Waals surface area contributed by atoms with Gasteiger partial charge in [-0.15, -0.1) is 0 Å². The molecule has 3 nitrogen and oxygen atoms in total. The lowest BCUT2D eigenvalue weighted by Crippen LogP contribution is -2.33. The average Bonchev–Trinajstić information content (AvgIpc) is 2.82. The van der Waals surface area contributed by atoms with Crippen molar-refractivity contribution in [3.05, 3.63) is 102 Å². The minimum Gasteiger partial charge on any atom is -0.325 e. The van der Waals surface area contributed by atoms with Crippen molar-refractivity contribution in [3.63, 3.8) is 0 Å². The molecule has 4 rings (SSSR count). The molecular weight excluding hydrogens is 380 g/mol. The fourth-order valence-corrected chi connectivity index (χ4v) is 4.69. The Morgan fingerprint density at radius 1 is 0.839 bits per heavy atom. The van der Waals surface area contributed by atoms with Crippen LogP contribution in [0.2, 0.25) is 0 Å². The molecule has 0 spiro atoms. The summed E-state index contributed by atoms with van der Waals surface area (Å²) in [4.78, 5) is 16.0. The summed E-state index contributed by atoms with van der Waals surface area (Å²) < 4.78 is 0. The molecule has 0 atom stereocenters. The van der Waals surface area contributed by atoms with Crippen molar-refractivity contribution in [2.24, 2.45) is 0 Å². The molecule has 0 aliphatic heterocycles. The van der Waals surface area contributed by atoms with Crippen LogP contribution in [-0.2, 0) is 11.3 Å². The maximum absolute atomic E-state index is 13.5. The Bertz CT molecular complexity index is 925. The number of para-hydroxylation sites is 1. The van der Waals surface area contributed by atoms with Gasteiger partial charge in [-0.1, -0.05) is 98.1 Å². The standard InChI is InChI=1S/C28H32N2O/c1-30(25-18-9-4-10-19-25)21-24-17-11-12-20-26(24)29-28(31)27(22-13-5-2-6-14-22)23-15-7-3-8-16-23/h2-3,5-8,11-17,20,25,27H,4,9-10,18-19,21H2,1H3,(H,29,31). The van der Waals surface area contributed by atoms with Gasteiger partial charge in [0.15, 0.2) is 0 Å². The number of hydrogen-bond acceptors (Lipinski definition) is 2. The smallest absolute Gasteiger partial charge is 0.236 e. The second-order valence-electron chi connectivity index (χ2n) is 8.61. The largest absolute Gasteiger partial charge is 0.325 e. The van der Waals surface area contributed by atoms with E-state index in [-0.39, 0.29) is 11.8 Å². The third kappa shape index (κ3) is 5.42. The summed E-state index contributed by atoms with van der Waals surface area (Å²) in [5.41, 5.74) is 4.09. The first kappa shape index (κ1) is 21.3. The minimum atomic E-state index is -0.341. The van der Waals surface area contributed by atoms with Gasteiger partial charge in [0.05, 0.1) is 5.92 Å². The van der Waals surface area contributed by atoms with Gasteiger partial charge in [-0.25, -0.2) is 0 Å². The molecule has 0 radical (unpaired) electrons. The van der Waals surface area contributed by atoms with E-state index < -0.39 is 0 Å². The molecule has 3 aromatic rings. The zero-order valence-corrected chi connectivity index (χ0v) is 18.3. The summed E-state index contributed by atoms with van der Waals surface area (Å²) in [6.45, 7) is 0.850. The SMILES string of the molecule is CN(Cc1ccccc1NC(=O)C(c1ccccc1)c1ccccc1)C1CCCCC1. The van der Waals surface area contributed by atoms with E-state index in [1.807, 2.05) is 72.8 Å². The zero-order chi connectivity index (χ0) is 21.5. The Labute approximate surface area is 186 Å². The summed E-state index contributed by atoms with van der Waals surface area (Å²) >= 11 is 0. The lowest BCUT2D eigenvalue weighted by molar-refractivity contribution is -0.116. The normalized spacial score (nSPS) is 14.7. The molecule has 160 valence electrons. The van der Waals surface area contributed by atoms with Crippen molar-refractivity contribution in [1.82, 2.24) is 4.90 Å². The van der Waals surface area contributed by atoms with Gasteiger partial charge < -0.3 is 5.32 Å². The summed E-state index contributed by atoms with van der Waals surface area (Å²) in [6, 6.07) is 28.9. The molecule has 0 saturated heterocycles. The molecule has 1 aliphatic carbocycles. The number of carbonyl (C=O) groups excluding carboxylic acids is 1. The van der Waals surface area contributed by atoms with Gasteiger partial charge in [-0.3, -0.25) is 9.69 Å². The summed E-state index contributed by atoms with van der Waals surface area (Å²) in [6.07, 6.45) is 6.55. The Hall–Kier alpha value is -2.91. The summed E-state index contributed by atoms with van der Waals surface area (Å²) in [5.74, 6) is -0.336. The van der Waals surface area contributed by atoms with Crippen LogP contribution in [-0.4, -0.2) is 23.9 Å². The van der Waals surface area contributed by atoms with Crippen LogP contribution in [0.3, 0.4) is 0 Å². The number of benzene rings is 3. The number of rotatable bonds is 7. The molecule has 3 heteroatoms. The highest BCUT2D eigenvalue weighted by Gasteiger charge is 2.24. The summed E-state index contributed by atoms with van der Waals surface area (Å²) in [5, 5.41) is 3.25. The van der Waals surface area contributed by atoms with Crippen molar-refractivity contribution in [2.75, 3.05) is 12.4 Å². The first-order chi connectivity index (χ1) is 15.2. The maximum Gasteiger partial charge on any atom is 0.236 e. The van der Waals surface area contributed by atoms with E-state index in [1.54, 1.807) is 0 Å². The van der Waals surface area contributed by atoms with Gasteiger partial charge in [0.1, 0.15) is 0 Å². The van der Waals surface area contributed by atoms with Crippen molar-refractivity contribution in [1.29, 1.82) is 0 Å². The molecular formula is C28H32N2O. The molecule has 0 heterocycles. The third-order valence-electron chi connectivity index (χ3n) is 6.42. The Kier molecular flexibility index (Phi) is 7.16. The molecule has 0 aromatic heterocycles. The van der Waals surface area contributed by atoms with Gasteiger partial charge >= 0.3 is 0 Å². The Morgan fingerprint density at radius 3 is 2.00 bits per heavy atom. The van der Waals surface area contributed by atoms with E-state index in [9.17, 15) is 4.79 Å². The lowest BCUT2D eigenvalue weighted by atomic mass is 9.90. The monoisotopic (exact) mass is 412 g/mol. The van der Waals surface area contributed by atoms with Crippen LogP contribution < -0.4 is 5.32 Å². The van der Waals surface area contributed by atoms with Crippen LogP contribution >= 0.6 is 0 Å². The highest BCUT2D eigenvalue weighted by Crippen LogP contribution is 2.28. The van der Waals surface area contributed by atoms with Gasteiger partial charge in [0.2, 0.25) is 5.91 Å². The van der Waals surface area contributed by atoms with Crippen LogP contribution in [0.15, 0.2) is 84.9 Å². The number of carbonyl (C=O) groups is 1. The van der Waals surface area contributed by atoms with E-state index in [4.69, 9.17) is 0 Å². The first-order valence-electron chi connectivity index (χ1n) is 11.4. The van der Waals surface area contributed by atoms with Crippen LogP contribution in [0.1, 0.15) is 54.7 Å². The average molecular weight is 413 g/mol. The molecule has 0 unspecified atom stereocenters. The fourth-order valence-electron chi connectivity index (χ4n) is 4.69. The lowest BCUT2D eigenvalue weighted by Gasteiger charge is -2.31. The van der Waals surface area contributed by atoms with E-state index in [2.05, 4.69) is 29.4 Å². The van der Waals surface area contributed by atoms with E-state index >= 15 is 0 Å². The van der Waals surface area contributed by atoms with Gasteiger partial charge in [0, 0.05) is 18.3 Å². The van der Waals surface area contributed by atoms with E-state index in [0.717, 1.165) is 23.4 Å². The Balaban J connectivity index is 1.55. The Morgan fingerprint density at radius 2 is 1.39 bits per heavy atom. The minimum absolute atomic E-state index is 0.00479. The van der Waals surface area contributed by atoms with Crippen LogP contribution in [0.25, 0.3) is 0 Å². The molecule has 1 saturated carbocycles. The molecule has 31 heavy (non-hydrogen) atoms. The molecule has 1 aliphatic rings. The predicted molar refractivity (Wildman–Crippen MR) is 128 cm³/mol. The molecule has 1 N–H and O–H groups in total. The maximum atomic E-state index is 13.5. The van der Waals surface area contributed by atoms with Gasteiger partial charge in [-0.2, -0.15) is 0 Å². The quantitative estimate of drug-likeness (QED) is 0.499. The van der Waals surface area contributed by atoms with Crippen molar-refractivity contribution >= 4 is 11.6 Å². The van der Waals surface area contributed by atoms with Gasteiger partial charge in [0.25, 0.3) is 0 Å². The van der Waals surface area contributed by atoms with Crippen molar-refractivity contribution in [3.8, 4) is 0 Å². The highest BCUT2D eigenvalue weighted by molar-refractivity contribution is 5.98. The van der Waals surface area contributed by atoms with Crippen LogP contribution in [0, 0.1) is 0 Å². The van der Waals surface area contributed by atoms with Crippen LogP contribution in [0.4, 0.5) is 5.69 Å². The third-order valence-corrected chi connectivity index (χ3v) is 6.42. The summed E-state index contributed by atoms with van der Waals surface area (Å²) in [7, 11) is 2.21. The first-order valence-corrected chi connectivity index (χ1v) is 11.4. The predicted octanol–water partition coefficient (Wildman–Crippen LogP) is 6.22. The molecule has 0 bridgehead atoms. The highest BCUT2D eigenvalue weighted by atomic mass is 16.1. The van der Waals surface area contributed by atoms with Crippen LogP contribution in [0.5, 0.6) is 0 Å². The van der Waals surface area contributed by atoms with E-state index in [0.29, 0.717) is 6.04 Å². The molecule has 1 amide bonds. The zero-order valence-electron chi connectivity index (χ0n) is 18.3. The fraction of sp³-hybridized carbons (Fsp3) is 0.321. The number of amides is 1. The topological polar surface area (TPSA) is 32.3 Å². The number of hydrogen-bond donors (Lipinski definition) is 1.